The number of Topliss-reactive ketones (excluding diaryl/α,β-unsaturated/α-hetero) is 1. The molecule has 112 valence electrons. The predicted octanol–water partition coefficient (Wildman–Crippen LogP) is 4.43. The second-order valence-corrected chi connectivity index (χ2v) is 5.15. The summed E-state index contributed by atoms with van der Waals surface area (Å²) in [5.41, 5.74) is 0. The average molecular weight is 270 g/mol. The molecule has 0 aliphatic rings. The average Bonchev–Trinajstić information content (AvgIpc) is 2.43. The molecule has 3 heteroatoms. The number of carbonyl (C=O) groups excluding carboxylic acids is 2. The minimum absolute atomic E-state index is 0.0957. The van der Waals surface area contributed by atoms with E-state index >= 15 is 0 Å². The van der Waals surface area contributed by atoms with E-state index in [-0.39, 0.29) is 5.97 Å². The van der Waals surface area contributed by atoms with E-state index in [2.05, 4.69) is 4.74 Å². The molecule has 0 aromatic heterocycles. The minimum Gasteiger partial charge on any atom is -0.469 e. The first kappa shape index (κ1) is 18.1. The summed E-state index contributed by atoms with van der Waals surface area (Å²) in [6.07, 6.45) is 12.6. The molecular weight excluding hydrogens is 240 g/mol. The third-order valence-corrected chi connectivity index (χ3v) is 3.46. The zero-order valence-electron chi connectivity index (χ0n) is 12.7. The van der Waals surface area contributed by atoms with Crippen molar-refractivity contribution in [2.24, 2.45) is 0 Å². The smallest absolute Gasteiger partial charge is 0.305 e. The predicted molar refractivity (Wildman–Crippen MR) is 78.1 cm³/mol. The summed E-state index contributed by atoms with van der Waals surface area (Å²) in [5.74, 6) is 0.298. The van der Waals surface area contributed by atoms with Crippen LogP contribution in [0.2, 0.25) is 0 Å². The molecule has 0 unspecified atom stereocenters. The first-order chi connectivity index (χ1) is 9.20. The molecule has 0 aliphatic heterocycles. The lowest BCUT2D eigenvalue weighted by molar-refractivity contribution is -0.140. The molecule has 0 aromatic carbocycles. The van der Waals surface area contributed by atoms with Crippen molar-refractivity contribution in [3.63, 3.8) is 0 Å². The molecule has 0 N–H and O–H groups in total. The van der Waals surface area contributed by atoms with Crippen molar-refractivity contribution in [2.45, 2.75) is 84.0 Å². The van der Waals surface area contributed by atoms with Crippen molar-refractivity contribution in [3.8, 4) is 0 Å². The van der Waals surface area contributed by atoms with E-state index in [0.29, 0.717) is 18.6 Å². The maximum Gasteiger partial charge on any atom is 0.305 e. The SMILES string of the molecule is CCC(=O)CCCCCCCCCCCC(=O)OC. The van der Waals surface area contributed by atoms with Gasteiger partial charge in [-0.05, 0) is 12.8 Å². The lowest BCUT2D eigenvalue weighted by Gasteiger charge is -2.02. The normalized spacial score (nSPS) is 10.4. The summed E-state index contributed by atoms with van der Waals surface area (Å²) in [7, 11) is 1.44. The second-order valence-electron chi connectivity index (χ2n) is 5.15. The van der Waals surface area contributed by atoms with Crippen LogP contribution < -0.4 is 0 Å². The molecule has 0 aliphatic carbocycles. The van der Waals surface area contributed by atoms with Gasteiger partial charge >= 0.3 is 5.97 Å². The van der Waals surface area contributed by atoms with Crippen molar-refractivity contribution < 1.29 is 14.3 Å². The third kappa shape index (κ3) is 13.4. The van der Waals surface area contributed by atoms with Crippen molar-refractivity contribution >= 4 is 11.8 Å². The lowest BCUT2D eigenvalue weighted by Crippen LogP contribution is -1.99. The Balaban J connectivity index is 3.07. The van der Waals surface area contributed by atoms with Gasteiger partial charge in [-0.25, -0.2) is 0 Å². The Morgan fingerprint density at radius 1 is 0.737 bits per heavy atom. The van der Waals surface area contributed by atoms with Crippen LogP contribution in [-0.4, -0.2) is 18.9 Å². The highest BCUT2D eigenvalue weighted by Gasteiger charge is 1.99. The van der Waals surface area contributed by atoms with Gasteiger partial charge in [0.25, 0.3) is 0 Å². The summed E-state index contributed by atoms with van der Waals surface area (Å²) < 4.78 is 4.59. The Kier molecular flexibility index (Phi) is 13.0. The number of hydrogen-bond donors (Lipinski definition) is 0. The summed E-state index contributed by atoms with van der Waals surface area (Å²) in [4.78, 5) is 22.0. The molecule has 19 heavy (non-hydrogen) atoms. The molecule has 0 saturated heterocycles. The van der Waals surface area contributed by atoms with E-state index in [1.807, 2.05) is 6.92 Å². The van der Waals surface area contributed by atoms with Crippen LogP contribution in [0.25, 0.3) is 0 Å². The first-order valence-electron chi connectivity index (χ1n) is 7.79. The van der Waals surface area contributed by atoms with E-state index in [1.54, 1.807) is 0 Å². The Labute approximate surface area is 118 Å². The van der Waals surface area contributed by atoms with Gasteiger partial charge in [0.15, 0.2) is 0 Å². The summed E-state index contributed by atoms with van der Waals surface area (Å²) in [6.45, 7) is 1.93. The van der Waals surface area contributed by atoms with Crippen molar-refractivity contribution in [3.05, 3.63) is 0 Å². The molecule has 0 spiro atoms. The fraction of sp³-hybridized carbons (Fsp3) is 0.875. The van der Waals surface area contributed by atoms with Crippen LogP contribution in [0.5, 0.6) is 0 Å². The fourth-order valence-corrected chi connectivity index (χ4v) is 2.11. The second kappa shape index (κ2) is 13.6. The highest BCUT2D eigenvalue weighted by molar-refractivity contribution is 5.77. The number of carbonyl (C=O) groups is 2. The van der Waals surface area contributed by atoms with E-state index in [1.165, 1.54) is 45.6 Å². The molecule has 0 aromatic rings. The summed E-state index contributed by atoms with van der Waals surface area (Å²) in [5, 5.41) is 0. The summed E-state index contributed by atoms with van der Waals surface area (Å²) in [6, 6.07) is 0. The number of methoxy groups -OCH3 is 1. The first-order valence-corrected chi connectivity index (χ1v) is 7.79. The van der Waals surface area contributed by atoms with Gasteiger partial charge < -0.3 is 4.74 Å². The molecule has 0 amide bonds. The molecule has 0 fully saturated rings. The molecule has 0 radical (unpaired) electrons. The minimum atomic E-state index is -0.0957. The van der Waals surface area contributed by atoms with Gasteiger partial charge in [-0.1, -0.05) is 51.9 Å². The number of esters is 1. The fourth-order valence-electron chi connectivity index (χ4n) is 2.11. The zero-order valence-corrected chi connectivity index (χ0v) is 12.7. The van der Waals surface area contributed by atoms with Crippen LogP contribution in [0.4, 0.5) is 0 Å². The molecule has 0 atom stereocenters. The monoisotopic (exact) mass is 270 g/mol. The quantitative estimate of drug-likeness (QED) is 0.367. The van der Waals surface area contributed by atoms with E-state index < -0.39 is 0 Å². The third-order valence-electron chi connectivity index (χ3n) is 3.46. The molecule has 0 heterocycles. The molecular formula is C16H30O3. The Morgan fingerprint density at radius 2 is 1.16 bits per heavy atom. The Bertz CT molecular complexity index is 212. The maximum absolute atomic E-state index is 11.1. The number of rotatable bonds is 13. The number of ether oxygens (including phenoxy) is 1. The zero-order chi connectivity index (χ0) is 14.3. The Morgan fingerprint density at radius 3 is 1.58 bits per heavy atom. The molecule has 3 nitrogen and oxygen atoms in total. The number of hydrogen-bond acceptors (Lipinski definition) is 3. The van der Waals surface area contributed by atoms with Gasteiger partial charge in [0.2, 0.25) is 0 Å². The van der Waals surface area contributed by atoms with Crippen LogP contribution in [0.1, 0.15) is 84.0 Å². The van der Waals surface area contributed by atoms with Gasteiger partial charge in [0.1, 0.15) is 5.78 Å². The van der Waals surface area contributed by atoms with Crippen molar-refractivity contribution in [1.29, 1.82) is 0 Å². The van der Waals surface area contributed by atoms with Crippen LogP contribution in [-0.2, 0) is 14.3 Å². The van der Waals surface area contributed by atoms with Gasteiger partial charge in [-0.3, -0.25) is 9.59 Å². The summed E-state index contributed by atoms with van der Waals surface area (Å²) >= 11 is 0. The Hall–Kier alpha value is -0.860. The van der Waals surface area contributed by atoms with Crippen LogP contribution in [0, 0.1) is 0 Å². The van der Waals surface area contributed by atoms with E-state index in [0.717, 1.165) is 25.7 Å². The number of ketones is 1. The van der Waals surface area contributed by atoms with Crippen molar-refractivity contribution in [2.75, 3.05) is 7.11 Å². The molecule has 0 rings (SSSR count). The maximum atomic E-state index is 11.1. The highest BCUT2D eigenvalue weighted by atomic mass is 16.5. The van der Waals surface area contributed by atoms with E-state index in [4.69, 9.17) is 0 Å². The standard InChI is InChI=1S/C16H30O3/c1-3-15(17)13-11-9-7-5-4-6-8-10-12-14-16(18)19-2/h3-14H2,1-2H3. The molecule has 0 bridgehead atoms. The topological polar surface area (TPSA) is 43.4 Å². The molecule has 0 saturated carbocycles. The van der Waals surface area contributed by atoms with Crippen LogP contribution >= 0.6 is 0 Å². The van der Waals surface area contributed by atoms with Crippen LogP contribution in [0.3, 0.4) is 0 Å². The van der Waals surface area contributed by atoms with Gasteiger partial charge in [-0.15, -0.1) is 0 Å². The van der Waals surface area contributed by atoms with Crippen LogP contribution in [0.15, 0.2) is 0 Å². The van der Waals surface area contributed by atoms with Gasteiger partial charge in [0.05, 0.1) is 7.11 Å². The lowest BCUT2D eigenvalue weighted by atomic mass is 10.0. The van der Waals surface area contributed by atoms with Gasteiger partial charge in [0, 0.05) is 19.3 Å². The van der Waals surface area contributed by atoms with E-state index in [9.17, 15) is 9.59 Å². The van der Waals surface area contributed by atoms with Crippen molar-refractivity contribution in [1.82, 2.24) is 0 Å². The number of unbranched alkanes of at least 4 members (excludes halogenated alkanes) is 8. The highest BCUT2D eigenvalue weighted by Crippen LogP contribution is 2.11. The van der Waals surface area contributed by atoms with Gasteiger partial charge in [-0.2, -0.15) is 0 Å². The largest absolute Gasteiger partial charge is 0.469 e.